The Kier molecular flexibility index (Phi) is 7.09. The Balaban J connectivity index is 1.31. The molecular weight excluding hydrogens is 445 g/mol. The van der Waals surface area contributed by atoms with Crippen molar-refractivity contribution >= 4 is 21.8 Å². The molecule has 33 heavy (non-hydrogen) atoms. The Morgan fingerprint density at radius 3 is 2.30 bits per heavy atom. The molecule has 2 heterocycles. The van der Waals surface area contributed by atoms with Gasteiger partial charge in [0.2, 0.25) is 21.8 Å². The summed E-state index contributed by atoms with van der Waals surface area (Å²) in [5.74, 6) is -0.688. The van der Waals surface area contributed by atoms with Gasteiger partial charge in [0.15, 0.2) is 0 Å². The highest BCUT2D eigenvalue weighted by Gasteiger charge is 2.32. The smallest absolute Gasteiger partial charge is 0.243 e. The van der Waals surface area contributed by atoms with Gasteiger partial charge in [-0.3, -0.25) is 9.59 Å². The molecule has 2 fully saturated rings. The van der Waals surface area contributed by atoms with Crippen molar-refractivity contribution in [1.82, 2.24) is 14.5 Å². The molecule has 0 radical (unpaired) electrons. The molecule has 0 aliphatic carbocycles. The minimum atomic E-state index is -3.70. The van der Waals surface area contributed by atoms with E-state index in [1.165, 1.54) is 16.4 Å². The average Bonchev–Trinajstić information content (AvgIpc) is 3.23. The third-order valence-electron chi connectivity index (χ3n) is 6.38. The van der Waals surface area contributed by atoms with Crippen LogP contribution in [0.25, 0.3) is 0 Å². The van der Waals surface area contributed by atoms with E-state index in [4.69, 9.17) is 0 Å². The molecule has 2 saturated heterocycles. The zero-order valence-electron chi connectivity index (χ0n) is 18.4. The van der Waals surface area contributed by atoms with Gasteiger partial charge in [0.1, 0.15) is 5.82 Å². The van der Waals surface area contributed by atoms with Gasteiger partial charge in [-0.1, -0.05) is 24.3 Å². The van der Waals surface area contributed by atoms with Crippen LogP contribution in [-0.4, -0.2) is 49.1 Å². The Bertz CT molecular complexity index is 1110. The fourth-order valence-corrected chi connectivity index (χ4v) is 5.87. The molecule has 7 nitrogen and oxygen atoms in total. The number of carbonyl (C=O) groups excluding carboxylic acids is 2. The van der Waals surface area contributed by atoms with Crippen molar-refractivity contribution < 1.29 is 22.4 Å². The van der Waals surface area contributed by atoms with Gasteiger partial charge in [-0.15, -0.1) is 0 Å². The Morgan fingerprint density at radius 1 is 1.00 bits per heavy atom. The highest BCUT2D eigenvalue weighted by Crippen LogP contribution is 2.24. The van der Waals surface area contributed by atoms with Crippen LogP contribution in [0.4, 0.5) is 4.39 Å². The minimum absolute atomic E-state index is 0.0555. The fourth-order valence-electron chi connectivity index (χ4n) is 4.40. The number of amides is 2. The number of likely N-dealkylation sites (tertiary alicyclic amines) is 1. The Morgan fingerprint density at radius 2 is 1.67 bits per heavy atom. The number of hydrogen-bond acceptors (Lipinski definition) is 4. The van der Waals surface area contributed by atoms with Crippen LogP contribution in [0, 0.1) is 11.7 Å². The largest absolute Gasteiger partial charge is 0.352 e. The molecular formula is C24H28FN3O4S. The zero-order valence-corrected chi connectivity index (χ0v) is 19.2. The summed E-state index contributed by atoms with van der Waals surface area (Å²) in [5.41, 5.74) is 2.00. The summed E-state index contributed by atoms with van der Waals surface area (Å²) >= 11 is 0. The summed E-state index contributed by atoms with van der Waals surface area (Å²) in [6.07, 6.45) is 2.33. The first kappa shape index (κ1) is 23.4. The molecule has 2 aliphatic heterocycles. The van der Waals surface area contributed by atoms with Crippen LogP contribution < -0.4 is 5.32 Å². The molecule has 0 spiro atoms. The second kappa shape index (κ2) is 10.0. The van der Waals surface area contributed by atoms with Crippen LogP contribution in [0.5, 0.6) is 0 Å². The van der Waals surface area contributed by atoms with Gasteiger partial charge in [0, 0.05) is 45.1 Å². The molecule has 0 bridgehead atoms. The maximum atomic E-state index is 13.1. The van der Waals surface area contributed by atoms with Gasteiger partial charge >= 0.3 is 0 Å². The summed E-state index contributed by atoms with van der Waals surface area (Å²) in [6, 6.07) is 12.6. The summed E-state index contributed by atoms with van der Waals surface area (Å²) in [4.78, 5) is 26.6. The van der Waals surface area contributed by atoms with Crippen molar-refractivity contribution in [3.05, 3.63) is 65.5 Å². The summed E-state index contributed by atoms with van der Waals surface area (Å²) in [6.45, 7) is 2.16. The lowest BCUT2D eigenvalue weighted by atomic mass is 9.97. The molecule has 2 aliphatic rings. The van der Waals surface area contributed by atoms with Gasteiger partial charge in [0.05, 0.1) is 4.90 Å². The van der Waals surface area contributed by atoms with Crippen molar-refractivity contribution in [3.63, 3.8) is 0 Å². The highest BCUT2D eigenvalue weighted by molar-refractivity contribution is 7.89. The van der Waals surface area contributed by atoms with Crippen molar-refractivity contribution in [2.45, 2.75) is 43.7 Å². The molecule has 0 unspecified atom stereocenters. The molecule has 0 aromatic heterocycles. The van der Waals surface area contributed by atoms with E-state index in [1.54, 1.807) is 0 Å². The monoisotopic (exact) mass is 473 g/mol. The summed E-state index contributed by atoms with van der Waals surface area (Å²) < 4.78 is 40.0. The van der Waals surface area contributed by atoms with E-state index < -0.39 is 15.8 Å². The standard InChI is InChI=1S/C24H28FN3O4S/c25-21-7-9-22(10-8-21)33(31,32)28-14-11-18(12-15-28)24(30)26-16-19-4-1-2-5-20(19)17-27-13-3-6-23(27)29/h1-2,4-5,7-10,18H,3,6,11-17H2,(H,26,30). The van der Waals surface area contributed by atoms with Crippen molar-refractivity contribution in [2.24, 2.45) is 5.92 Å². The molecule has 2 aromatic rings. The van der Waals surface area contributed by atoms with E-state index in [-0.39, 0.29) is 35.7 Å². The maximum Gasteiger partial charge on any atom is 0.243 e. The second-order valence-electron chi connectivity index (χ2n) is 8.54. The van der Waals surface area contributed by atoms with Gasteiger partial charge in [-0.2, -0.15) is 4.31 Å². The first-order valence-electron chi connectivity index (χ1n) is 11.2. The summed E-state index contributed by atoms with van der Waals surface area (Å²) in [7, 11) is -3.70. The fraction of sp³-hybridized carbons (Fsp3) is 0.417. The van der Waals surface area contributed by atoms with Crippen LogP contribution in [-0.2, 0) is 32.7 Å². The topological polar surface area (TPSA) is 86.8 Å². The van der Waals surface area contributed by atoms with Gasteiger partial charge in [-0.05, 0) is 54.7 Å². The number of halogens is 1. The number of rotatable bonds is 7. The Hall–Kier alpha value is -2.78. The number of benzene rings is 2. The quantitative estimate of drug-likeness (QED) is 0.670. The van der Waals surface area contributed by atoms with Crippen LogP contribution in [0.15, 0.2) is 53.4 Å². The molecule has 2 aromatic carbocycles. The number of nitrogens with one attached hydrogen (secondary N) is 1. The van der Waals surface area contributed by atoms with Crippen LogP contribution in [0.1, 0.15) is 36.8 Å². The van der Waals surface area contributed by atoms with E-state index in [9.17, 15) is 22.4 Å². The van der Waals surface area contributed by atoms with Crippen LogP contribution in [0.2, 0.25) is 0 Å². The molecule has 176 valence electrons. The van der Waals surface area contributed by atoms with Gasteiger partial charge in [-0.25, -0.2) is 12.8 Å². The lowest BCUT2D eigenvalue weighted by molar-refractivity contribution is -0.128. The second-order valence-corrected chi connectivity index (χ2v) is 10.5. The van der Waals surface area contributed by atoms with E-state index >= 15 is 0 Å². The molecule has 9 heteroatoms. The third kappa shape index (κ3) is 5.42. The van der Waals surface area contributed by atoms with E-state index in [0.717, 1.165) is 36.2 Å². The van der Waals surface area contributed by atoms with Crippen LogP contribution >= 0.6 is 0 Å². The number of carbonyl (C=O) groups is 2. The first-order chi connectivity index (χ1) is 15.8. The molecule has 2 amide bonds. The Labute approximate surface area is 193 Å². The SMILES string of the molecule is O=C(NCc1ccccc1CN1CCCC1=O)C1CCN(S(=O)(=O)c2ccc(F)cc2)CC1. The molecule has 1 N–H and O–H groups in total. The predicted octanol–water partition coefficient (Wildman–Crippen LogP) is 2.67. The number of piperidine rings is 1. The normalized spacial score (nSPS) is 18.0. The number of hydrogen-bond donors (Lipinski definition) is 1. The predicted molar refractivity (Wildman–Crippen MR) is 121 cm³/mol. The molecule has 0 saturated carbocycles. The summed E-state index contributed by atoms with van der Waals surface area (Å²) in [5, 5.41) is 2.98. The van der Waals surface area contributed by atoms with Crippen molar-refractivity contribution in [1.29, 1.82) is 0 Å². The molecule has 4 rings (SSSR count). The highest BCUT2D eigenvalue weighted by atomic mass is 32.2. The van der Waals surface area contributed by atoms with Gasteiger partial charge in [0.25, 0.3) is 0 Å². The number of nitrogens with zero attached hydrogens (tertiary/aromatic N) is 2. The van der Waals surface area contributed by atoms with Gasteiger partial charge < -0.3 is 10.2 Å². The van der Waals surface area contributed by atoms with E-state index in [1.807, 2.05) is 29.2 Å². The van der Waals surface area contributed by atoms with Crippen LogP contribution in [0.3, 0.4) is 0 Å². The minimum Gasteiger partial charge on any atom is -0.352 e. The van der Waals surface area contributed by atoms with Crippen molar-refractivity contribution in [2.75, 3.05) is 19.6 Å². The maximum absolute atomic E-state index is 13.1. The number of sulfonamides is 1. The first-order valence-corrected chi connectivity index (χ1v) is 12.7. The lowest BCUT2D eigenvalue weighted by Gasteiger charge is -2.30. The molecule has 0 atom stereocenters. The van der Waals surface area contributed by atoms with Crippen molar-refractivity contribution in [3.8, 4) is 0 Å². The van der Waals surface area contributed by atoms with E-state index in [0.29, 0.717) is 32.4 Å². The lowest BCUT2D eigenvalue weighted by Crippen LogP contribution is -2.42. The average molecular weight is 474 g/mol. The van der Waals surface area contributed by atoms with E-state index in [2.05, 4.69) is 5.32 Å². The third-order valence-corrected chi connectivity index (χ3v) is 8.29. The zero-order chi connectivity index (χ0) is 23.4.